The number of allylic oxidation sites excluding steroid dienone is 1. The molecule has 5 aromatic rings. The average Bonchev–Trinajstić information content (AvgIpc) is 3.38. The number of anilines is 1. The minimum absolute atomic E-state index is 0.160. The van der Waals surface area contributed by atoms with Crippen molar-refractivity contribution in [1.82, 2.24) is 4.57 Å². The molecule has 13 nitrogen and oxygen atoms in total. The third-order valence-electron chi connectivity index (χ3n) is 7.46. The second-order valence-electron chi connectivity index (χ2n) is 10.5. The monoisotopic (exact) mass is 663 g/mol. The summed E-state index contributed by atoms with van der Waals surface area (Å²) < 4.78 is 13.0. The molecule has 6 rings (SSSR count). The number of nitro benzene ring substituents is 2. The van der Waals surface area contributed by atoms with Crippen LogP contribution in [0.25, 0.3) is 6.08 Å². The van der Waals surface area contributed by atoms with Gasteiger partial charge in [-0.1, -0.05) is 53.8 Å². The smallest absolute Gasteiger partial charge is 0.318 e. The summed E-state index contributed by atoms with van der Waals surface area (Å²) in [6, 6.07) is 24.9. The minimum atomic E-state index is -0.796. The average molecular weight is 664 g/mol. The van der Waals surface area contributed by atoms with Gasteiger partial charge in [0.05, 0.1) is 44.9 Å². The number of carbonyl (C=O) groups excluding carboxylic acids is 1. The highest BCUT2D eigenvalue weighted by Gasteiger charge is 2.33. The van der Waals surface area contributed by atoms with E-state index in [9.17, 15) is 29.8 Å². The van der Waals surface area contributed by atoms with Gasteiger partial charge in [0.25, 0.3) is 17.2 Å². The van der Waals surface area contributed by atoms with Crippen LogP contribution in [-0.2, 0) is 4.79 Å². The Morgan fingerprint density at radius 3 is 2.38 bits per heavy atom. The highest BCUT2D eigenvalue weighted by molar-refractivity contribution is 7.07. The fraction of sp³-hybridized carbons (Fsp3) is 0.0882. The maximum absolute atomic E-state index is 14.0. The summed E-state index contributed by atoms with van der Waals surface area (Å²) in [5.41, 5.74) is 1.33. The van der Waals surface area contributed by atoms with Crippen molar-refractivity contribution in [3.8, 4) is 17.2 Å². The molecule has 1 atom stereocenters. The van der Waals surface area contributed by atoms with E-state index in [4.69, 9.17) is 9.47 Å². The Kier molecular flexibility index (Phi) is 8.64. The second kappa shape index (κ2) is 13.1. The number of rotatable bonds is 9. The first-order valence-electron chi connectivity index (χ1n) is 14.4. The van der Waals surface area contributed by atoms with Crippen molar-refractivity contribution in [3.05, 3.63) is 159 Å². The lowest BCUT2D eigenvalue weighted by Gasteiger charge is -2.25. The highest BCUT2D eigenvalue weighted by atomic mass is 32.1. The summed E-state index contributed by atoms with van der Waals surface area (Å²) in [4.78, 5) is 53.9. The molecule has 0 aliphatic carbocycles. The summed E-state index contributed by atoms with van der Waals surface area (Å²) in [5.74, 6) is 0.252. The number of hydrogen-bond donors (Lipinski definition) is 1. The summed E-state index contributed by atoms with van der Waals surface area (Å²) >= 11 is 1.17. The number of hydrogen-bond acceptors (Lipinski definition) is 10. The van der Waals surface area contributed by atoms with Crippen LogP contribution in [0.4, 0.5) is 17.1 Å². The zero-order chi connectivity index (χ0) is 33.9. The number of thiazole rings is 1. The maximum atomic E-state index is 14.0. The van der Waals surface area contributed by atoms with E-state index in [2.05, 4.69) is 10.3 Å². The predicted molar refractivity (Wildman–Crippen MR) is 178 cm³/mol. The van der Waals surface area contributed by atoms with Crippen molar-refractivity contribution in [2.45, 2.75) is 13.0 Å². The van der Waals surface area contributed by atoms with Crippen LogP contribution in [-0.4, -0.2) is 27.4 Å². The summed E-state index contributed by atoms with van der Waals surface area (Å²) in [6.45, 7) is 1.73. The van der Waals surface area contributed by atoms with Crippen molar-refractivity contribution in [3.63, 3.8) is 0 Å². The first-order valence-corrected chi connectivity index (χ1v) is 15.2. The number of ether oxygens (including phenoxy) is 2. The molecule has 1 N–H and O–H groups in total. The van der Waals surface area contributed by atoms with Gasteiger partial charge in [0.15, 0.2) is 4.80 Å². The number of methoxy groups -OCH3 is 1. The second-order valence-corrected chi connectivity index (χ2v) is 11.5. The van der Waals surface area contributed by atoms with Crippen LogP contribution in [0.3, 0.4) is 0 Å². The molecule has 0 fully saturated rings. The Hall–Kier alpha value is -6.41. The number of carbonyl (C=O) groups is 1. The number of para-hydroxylation sites is 1. The highest BCUT2D eigenvalue weighted by Crippen LogP contribution is 2.35. The Morgan fingerprint density at radius 1 is 0.938 bits per heavy atom. The SMILES string of the molecule is COc1cccc([C@H]2C(C(=O)Nc3ccccc3)=C(C)N=c3s/c(=C\c4ccc(Oc5ccc([N+](=O)[O-])cc5[N+](=O)[O-])cc4)c(=O)n32)c1. The number of fused-ring (bicyclic) bond motifs is 1. The molecule has 1 aromatic heterocycles. The van der Waals surface area contributed by atoms with Gasteiger partial charge >= 0.3 is 5.69 Å². The van der Waals surface area contributed by atoms with E-state index in [1.165, 1.54) is 29.1 Å². The number of amides is 1. The Labute approximate surface area is 275 Å². The van der Waals surface area contributed by atoms with Gasteiger partial charge in [0, 0.05) is 11.8 Å². The molecule has 14 heteroatoms. The number of benzene rings is 4. The normalized spacial score (nSPS) is 14.1. The summed E-state index contributed by atoms with van der Waals surface area (Å²) in [6.07, 6.45) is 1.67. The van der Waals surface area contributed by atoms with Crippen molar-refractivity contribution in [1.29, 1.82) is 0 Å². The number of non-ortho nitro benzene ring substituents is 1. The first kappa shape index (κ1) is 31.6. The molecule has 0 bridgehead atoms. The molecule has 240 valence electrons. The molecule has 0 radical (unpaired) electrons. The van der Waals surface area contributed by atoms with Gasteiger partial charge in [-0.05, 0) is 66.6 Å². The first-order chi connectivity index (χ1) is 23.1. The molecule has 0 unspecified atom stereocenters. The molecule has 2 heterocycles. The van der Waals surface area contributed by atoms with Crippen LogP contribution in [0.15, 0.2) is 118 Å². The molecule has 4 aromatic carbocycles. The van der Waals surface area contributed by atoms with Crippen LogP contribution in [0.5, 0.6) is 17.2 Å². The number of nitrogens with one attached hydrogen (secondary N) is 1. The molecular weight excluding hydrogens is 638 g/mol. The van der Waals surface area contributed by atoms with Gasteiger partial charge in [-0.15, -0.1) is 0 Å². The van der Waals surface area contributed by atoms with Gasteiger partial charge in [-0.25, -0.2) is 4.99 Å². The zero-order valence-corrected chi connectivity index (χ0v) is 26.2. The minimum Gasteiger partial charge on any atom is -0.497 e. The van der Waals surface area contributed by atoms with Crippen LogP contribution in [0.1, 0.15) is 24.1 Å². The van der Waals surface area contributed by atoms with Crippen molar-refractivity contribution in [2.75, 3.05) is 12.4 Å². The Bertz CT molecular complexity index is 2300. The number of nitro groups is 2. The Morgan fingerprint density at radius 2 is 1.69 bits per heavy atom. The molecule has 0 spiro atoms. The van der Waals surface area contributed by atoms with Crippen LogP contribution >= 0.6 is 11.3 Å². The summed E-state index contributed by atoms with van der Waals surface area (Å²) in [7, 11) is 1.54. The standard InChI is InChI=1S/C34H25N5O8S/c1-20-30(32(40)36-23-8-4-3-5-9-23)31(22-7-6-10-26(18-22)46-2)37-33(41)29(48-34(37)35-20)17-21-11-14-25(15-12-21)47-28-16-13-24(38(42)43)19-27(28)39(44)45/h3-19,31H,1-2H3,(H,36,40)/b29-17-/t31-/m0/s1. The van der Waals surface area contributed by atoms with Crippen molar-refractivity contribution in [2.24, 2.45) is 4.99 Å². The molecule has 1 aliphatic heterocycles. The fourth-order valence-corrected chi connectivity index (χ4v) is 6.26. The third kappa shape index (κ3) is 6.32. The van der Waals surface area contributed by atoms with E-state index in [0.29, 0.717) is 43.2 Å². The molecule has 48 heavy (non-hydrogen) atoms. The van der Waals surface area contributed by atoms with E-state index in [1.807, 2.05) is 24.3 Å². The van der Waals surface area contributed by atoms with E-state index in [-0.39, 0.29) is 17.1 Å². The molecule has 0 saturated heterocycles. The van der Waals surface area contributed by atoms with E-state index in [0.717, 1.165) is 12.1 Å². The molecule has 1 amide bonds. The van der Waals surface area contributed by atoms with Crippen LogP contribution in [0.2, 0.25) is 0 Å². The fourth-order valence-electron chi connectivity index (χ4n) is 5.22. The number of nitrogens with zero attached hydrogens (tertiary/aromatic N) is 4. The third-order valence-corrected chi connectivity index (χ3v) is 8.45. The van der Waals surface area contributed by atoms with Gasteiger partial charge < -0.3 is 14.8 Å². The largest absolute Gasteiger partial charge is 0.497 e. The lowest BCUT2D eigenvalue weighted by Crippen LogP contribution is -2.40. The van der Waals surface area contributed by atoms with Gasteiger partial charge in [0.1, 0.15) is 11.5 Å². The summed E-state index contributed by atoms with van der Waals surface area (Å²) in [5, 5.41) is 25.5. The topological polar surface area (TPSA) is 168 Å². The number of aromatic nitrogens is 1. The van der Waals surface area contributed by atoms with E-state index >= 15 is 0 Å². The quantitative estimate of drug-likeness (QED) is 0.160. The van der Waals surface area contributed by atoms with E-state index in [1.54, 1.807) is 67.6 Å². The Balaban J connectivity index is 1.36. The van der Waals surface area contributed by atoms with E-state index < -0.39 is 33.2 Å². The lowest BCUT2D eigenvalue weighted by atomic mass is 9.95. The van der Waals surface area contributed by atoms with Gasteiger partial charge in [-0.2, -0.15) is 0 Å². The molecule has 0 saturated carbocycles. The maximum Gasteiger partial charge on any atom is 0.318 e. The van der Waals surface area contributed by atoms with Gasteiger partial charge in [-0.3, -0.25) is 34.4 Å². The zero-order valence-electron chi connectivity index (χ0n) is 25.4. The van der Waals surface area contributed by atoms with Crippen LogP contribution in [0, 0.1) is 20.2 Å². The predicted octanol–water partition coefficient (Wildman–Crippen LogP) is 5.49. The van der Waals surface area contributed by atoms with Gasteiger partial charge in [0.2, 0.25) is 5.75 Å². The lowest BCUT2D eigenvalue weighted by molar-refractivity contribution is -0.394. The molecule has 1 aliphatic rings. The molecular formula is C34H25N5O8S. The van der Waals surface area contributed by atoms with Crippen LogP contribution < -0.4 is 29.7 Å². The van der Waals surface area contributed by atoms with Crippen molar-refractivity contribution >= 4 is 40.4 Å². The van der Waals surface area contributed by atoms with Crippen molar-refractivity contribution < 1.29 is 24.1 Å².